The maximum absolute atomic E-state index is 3.97. The first-order valence-corrected chi connectivity index (χ1v) is 24.3. The van der Waals surface area contributed by atoms with Crippen LogP contribution < -0.4 is 4.90 Å². The Morgan fingerprint density at radius 1 is 0.362 bits per heavy atom. The van der Waals surface area contributed by atoms with E-state index < -0.39 is 0 Å². The monoisotopic (exact) mass is 835 g/mol. The minimum absolute atomic E-state index is 0.0146. The first kappa shape index (κ1) is 42.5. The van der Waals surface area contributed by atoms with Crippen LogP contribution in [0.4, 0.5) is 17.1 Å². The van der Waals surface area contributed by atoms with Gasteiger partial charge in [-0.15, -0.1) is 0 Å². The summed E-state index contributed by atoms with van der Waals surface area (Å²) in [6, 6.07) is 42.4. The van der Waals surface area contributed by atoms with Gasteiger partial charge >= 0.3 is 0 Å². The molecule has 1 nitrogen and oxygen atoms in total. The van der Waals surface area contributed by atoms with Gasteiger partial charge in [0.25, 0.3) is 0 Å². The summed E-state index contributed by atoms with van der Waals surface area (Å²) in [5, 5.41) is 0. The summed E-state index contributed by atoms with van der Waals surface area (Å²) in [6.45, 7) is 9.40. The number of nitrogens with zero attached hydrogens (tertiary/aromatic N) is 1. The van der Waals surface area contributed by atoms with E-state index in [1.807, 2.05) is 0 Å². The Hall–Kier alpha value is -3.62. The fourth-order valence-corrected chi connectivity index (χ4v) is 11.3. The Balaban J connectivity index is 1.45. The molecule has 0 radical (unpaired) electrons. The van der Waals surface area contributed by atoms with Crippen molar-refractivity contribution in [2.75, 3.05) is 4.90 Å². The molecule has 58 heavy (non-hydrogen) atoms. The van der Waals surface area contributed by atoms with Crippen molar-refractivity contribution in [3.63, 3.8) is 0 Å². The molecule has 5 aromatic carbocycles. The Labute approximate surface area is 361 Å². The second kappa shape index (κ2) is 20.1. The highest BCUT2D eigenvalue weighted by Gasteiger charge is 2.48. The summed E-state index contributed by atoms with van der Waals surface area (Å²) in [6.07, 6.45) is 25.6. The zero-order valence-electron chi connectivity index (χ0n) is 36.4. The van der Waals surface area contributed by atoms with Crippen molar-refractivity contribution in [3.8, 4) is 22.3 Å². The molecule has 0 bridgehead atoms. The summed E-state index contributed by atoms with van der Waals surface area (Å²) in [5.41, 5.74) is 16.1. The van der Waals surface area contributed by atoms with Crippen LogP contribution in [-0.4, -0.2) is 0 Å². The minimum Gasteiger partial charge on any atom is -0.310 e. The number of rotatable bonds is 23. The zero-order valence-corrected chi connectivity index (χ0v) is 37.9. The van der Waals surface area contributed by atoms with Crippen molar-refractivity contribution in [1.29, 1.82) is 0 Å². The fourth-order valence-electron chi connectivity index (χ4n) is 10.9. The average molecular weight is 837 g/mol. The van der Waals surface area contributed by atoms with E-state index in [0.29, 0.717) is 0 Å². The van der Waals surface area contributed by atoms with Gasteiger partial charge < -0.3 is 4.90 Å². The van der Waals surface area contributed by atoms with Crippen LogP contribution in [0.1, 0.15) is 178 Å². The van der Waals surface area contributed by atoms with Gasteiger partial charge in [0.2, 0.25) is 0 Å². The smallest absolute Gasteiger partial charge is 0.0465 e. The summed E-state index contributed by atoms with van der Waals surface area (Å²) < 4.78 is 1.22. The van der Waals surface area contributed by atoms with Crippen LogP contribution in [0.15, 0.2) is 114 Å². The van der Waals surface area contributed by atoms with Crippen LogP contribution >= 0.6 is 15.9 Å². The summed E-state index contributed by atoms with van der Waals surface area (Å²) in [7, 11) is 0. The molecule has 0 fully saturated rings. The lowest BCUT2D eigenvalue weighted by atomic mass is 9.68. The first-order chi connectivity index (χ1) is 28.5. The number of halogens is 1. The molecule has 0 unspecified atom stereocenters. The van der Waals surface area contributed by atoms with E-state index in [9.17, 15) is 0 Å². The molecule has 0 aliphatic heterocycles. The van der Waals surface area contributed by atoms with E-state index in [1.165, 1.54) is 172 Å². The summed E-state index contributed by atoms with van der Waals surface area (Å²) >= 11 is 3.97. The average Bonchev–Trinajstić information content (AvgIpc) is 3.66. The van der Waals surface area contributed by atoms with E-state index in [4.69, 9.17) is 0 Å². The topological polar surface area (TPSA) is 3.24 Å². The van der Waals surface area contributed by atoms with Gasteiger partial charge in [-0.2, -0.15) is 0 Å². The molecule has 0 heterocycles. The number of anilines is 3. The first-order valence-electron chi connectivity index (χ1n) is 23.6. The number of para-hydroxylation sites is 2. The molecule has 2 heteroatoms. The Bertz CT molecular complexity index is 2000. The molecule has 2 aliphatic rings. The van der Waals surface area contributed by atoms with Crippen LogP contribution in [-0.2, 0) is 10.8 Å². The summed E-state index contributed by atoms with van der Waals surface area (Å²) in [4.78, 5) is 2.48. The van der Waals surface area contributed by atoms with Crippen molar-refractivity contribution in [3.05, 3.63) is 136 Å². The molecular formula is C56H70BrN. The molecule has 306 valence electrons. The molecule has 0 saturated heterocycles. The molecule has 0 saturated carbocycles. The number of unbranched alkanes of at least 4 members (excludes halogenated alkanes) is 12. The molecule has 7 rings (SSSR count). The van der Waals surface area contributed by atoms with Crippen molar-refractivity contribution in [1.82, 2.24) is 0 Å². The van der Waals surface area contributed by atoms with E-state index in [2.05, 4.69) is 158 Å². The largest absolute Gasteiger partial charge is 0.310 e. The number of hydrogen-bond acceptors (Lipinski definition) is 1. The predicted molar refractivity (Wildman–Crippen MR) is 256 cm³/mol. The Kier molecular flexibility index (Phi) is 14.7. The van der Waals surface area contributed by atoms with Crippen LogP contribution in [0, 0.1) is 0 Å². The van der Waals surface area contributed by atoms with Gasteiger partial charge in [0.15, 0.2) is 0 Å². The third-order valence-electron chi connectivity index (χ3n) is 13.9. The lowest BCUT2D eigenvalue weighted by Crippen LogP contribution is -2.27. The fraction of sp³-hybridized carbons (Fsp3) is 0.464. The van der Waals surface area contributed by atoms with Crippen molar-refractivity contribution in [2.24, 2.45) is 0 Å². The van der Waals surface area contributed by atoms with Gasteiger partial charge in [0.1, 0.15) is 0 Å². The highest BCUT2D eigenvalue weighted by atomic mass is 79.9. The van der Waals surface area contributed by atoms with Gasteiger partial charge in [-0.1, -0.05) is 195 Å². The van der Waals surface area contributed by atoms with Crippen LogP contribution in [0.2, 0.25) is 0 Å². The van der Waals surface area contributed by atoms with Gasteiger partial charge in [-0.05, 0) is 131 Å². The SMILES string of the molecule is CCCCCCC1(CCCCCC)c2cc(Br)ccc2-c2cc3c(cc21)-c1ccc(N(c2ccccc2)c2ccccc2)cc1C3(CCCCCC)CCCCCC. The quantitative estimate of drug-likeness (QED) is 0.0593. The normalized spacial score (nSPS) is 14.2. The third kappa shape index (κ3) is 8.66. The van der Waals surface area contributed by atoms with E-state index in [-0.39, 0.29) is 10.8 Å². The summed E-state index contributed by atoms with van der Waals surface area (Å²) in [5.74, 6) is 0. The second-order valence-corrected chi connectivity index (χ2v) is 18.7. The van der Waals surface area contributed by atoms with Gasteiger partial charge in [-0.25, -0.2) is 0 Å². The van der Waals surface area contributed by atoms with Crippen molar-refractivity contribution >= 4 is 33.0 Å². The highest BCUT2D eigenvalue weighted by molar-refractivity contribution is 9.10. The van der Waals surface area contributed by atoms with Gasteiger partial charge in [-0.3, -0.25) is 0 Å². The molecule has 0 atom stereocenters. The number of fused-ring (bicyclic) bond motifs is 6. The molecular weight excluding hydrogens is 767 g/mol. The lowest BCUT2D eigenvalue weighted by Gasteiger charge is -2.35. The van der Waals surface area contributed by atoms with Gasteiger partial charge in [0, 0.05) is 32.4 Å². The van der Waals surface area contributed by atoms with Crippen LogP contribution in [0.25, 0.3) is 22.3 Å². The van der Waals surface area contributed by atoms with Crippen LogP contribution in [0.5, 0.6) is 0 Å². The van der Waals surface area contributed by atoms with Crippen molar-refractivity contribution < 1.29 is 0 Å². The molecule has 0 amide bonds. The third-order valence-corrected chi connectivity index (χ3v) is 14.4. The molecule has 5 aromatic rings. The lowest BCUT2D eigenvalue weighted by molar-refractivity contribution is 0.397. The molecule has 0 spiro atoms. The van der Waals surface area contributed by atoms with Crippen molar-refractivity contribution in [2.45, 2.75) is 167 Å². The standard InChI is InChI=1S/C56H70BrN/c1-5-9-13-23-35-55(36-24-14-10-6-2)51-39-43(57)31-33-47(51)49-41-54-50(42-53(49)55)48-34-32-46(58(44-27-19-17-20-28-44)45-29-21-18-22-30-45)40-52(48)56(54,37-25-15-11-7-3)38-26-16-12-8-4/h17-22,27-34,39-42H,5-16,23-26,35-38H2,1-4H3. The molecule has 0 aromatic heterocycles. The van der Waals surface area contributed by atoms with E-state index in [1.54, 1.807) is 22.3 Å². The van der Waals surface area contributed by atoms with Crippen LogP contribution in [0.3, 0.4) is 0 Å². The van der Waals surface area contributed by atoms with E-state index in [0.717, 1.165) is 0 Å². The second-order valence-electron chi connectivity index (χ2n) is 17.8. The molecule has 2 aliphatic carbocycles. The maximum atomic E-state index is 3.97. The maximum Gasteiger partial charge on any atom is 0.0465 e. The predicted octanol–water partition coefficient (Wildman–Crippen LogP) is 18.3. The van der Waals surface area contributed by atoms with E-state index >= 15 is 0 Å². The Morgan fingerprint density at radius 3 is 1.16 bits per heavy atom. The number of benzene rings is 5. The zero-order chi connectivity index (χ0) is 40.4. The Morgan fingerprint density at radius 2 is 0.741 bits per heavy atom. The highest BCUT2D eigenvalue weighted by Crippen LogP contribution is 2.61. The minimum atomic E-state index is -0.0146. The van der Waals surface area contributed by atoms with Gasteiger partial charge in [0.05, 0.1) is 0 Å². The molecule has 0 N–H and O–H groups in total. The number of hydrogen-bond donors (Lipinski definition) is 0.